The van der Waals surface area contributed by atoms with Crippen molar-refractivity contribution in [2.75, 3.05) is 25.9 Å². The summed E-state index contributed by atoms with van der Waals surface area (Å²) in [4.78, 5) is 12.4. The van der Waals surface area contributed by atoms with E-state index in [-0.39, 0.29) is 32.0 Å². The Balaban J connectivity index is 1.92. The Hall–Kier alpha value is -2.32. The predicted molar refractivity (Wildman–Crippen MR) is 98.4 cm³/mol. The molecule has 27 heavy (non-hydrogen) atoms. The summed E-state index contributed by atoms with van der Waals surface area (Å²) < 4.78 is 52.0. The van der Waals surface area contributed by atoms with E-state index in [1.54, 1.807) is 24.3 Å². The van der Waals surface area contributed by atoms with Crippen LogP contribution in [0.3, 0.4) is 0 Å². The second-order valence-corrected chi connectivity index (χ2v) is 8.58. The number of carbonyl (C=O) groups excluding carboxylic acids is 1. The van der Waals surface area contributed by atoms with Gasteiger partial charge in [0.15, 0.2) is 11.6 Å². The van der Waals surface area contributed by atoms with Gasteiger partial charge in [-0.15, -0.1) is 0 Å². The number of sulfonamides is 1. The third-order valence-corrected chi connectivity index (χ3v) is 5.91. The normalized spacial score (nSPS) is 18.8. The van der Waals surface area contributed by atoms with Crippen molar-refractivity contribution in [1.29, 1.82) is 0 Å². The summed E-state index contributed by atoms with van der Waals surface area (Å²) in [6, 6.07) is 10.8. The van der Waals surface area contributed by atoms with Gasteiger partial charge >= 0.3 is 0 Å². The molecule has 0 spiro atoms. The van der Waals surface area contributed by atoms with Gasteiger partial charge in [0.1, 0.15) is 0 Å². The van der Waals surface area contributed by atoms with Gasteiger partial charge in [-0.1, -0.05) is 30.3 Å². The molecule has 1 aliphatic heterocycles. The zero-order chi connectivity index (χ0) is 19.6. The molecule has 1 heterocycles. The van der Waals surface area contributed by atoms with E-state index in [4.69, 9.17) is 0 Å². The van der Waals surface area contributed by atoms with Crippen LogP contribution in [-0.2, 0) is 21.2 Å². The highest BCUT2D eigenvalue weighted by Crippen LogP contribution is 2.28. The number of benzene rings is 2. The quantitative estimate of drug-likeness (QED) is 0.865. The molecular formula is C19H20F2N2O3S. The molecule has 0 aromatic heterocycles. The summed E-state index contributed by atoms with van der Waals surface area (Å²) >= 11 is 0. The maximum atomic E-state index is 13.6. The van der Waals surface area contributed by atoms with Gasteiger partial charge in [0.05, 0.1) is 12.2 Å². The molecule has 1 amide bonds. The zero-order valence-corrected chi connectivity index (χ0v) is 15.6. The van der Waals surface area contributed by atoms with Gasteiger partial charge in [0.25, 0.3) is 0 Å². The number of hydrogen-bond donors (Lipinski definition) is 1. The first-order valence-electron chi connectivity index (χ1n) is 8.52. The van der Waals surface area contributed by atoms with Crippen LogP contribution in [0.5, 0.6) is 0 Å². The molecule has 144 valence electrons. The van der Waals surface area contributed by atoms with Crippen LogP contribution in [0.2, 0.25) is 0 Å². The maximum absolute atomic E-state index is 13.6. The Morgan fingerprint density at radius 2 is 1.89 bits per heavy atom. The van der Waals surface area contributed by atoms with Crippen LogP contribution in [0.1, 0.15) is 5.56 Å². The molecule has 0 aliphatic carbocycles. The number of amides is 1. The number of rotatable bonds is 4. The van der Waals surface area contributed by atoms with Crippen LogP contribution in [0.4, 0.5) is 8.78 Å². The zero-order valence-electron chi connectivity index (χ0n) is 14.8. The van der Waals surface area contributed by atoms with E-state index in [9.17, 15) is 22.0 Å². The van der Waals surface area contributed by atoms with Gasteiger partial charge in [-0.25, -0.2) is 17.2 Å². The van der Waals surface area contributed by atoms with Gasteiger partial charge in [0.2, 0.25) is 15.9 Å². The van der Waals surface area contributed by atoms with Crippen molar-refractivity contribution in [2.45, 2.75) is 6.42 Å². The molecule has 3 rings (SSSR count). The molecule has 0 saturated carbocycles. The first kappa shape index (κ1) is 19.4. The summed E-state index contributed by atoms with van der Waals surface area (Å²) in [5, 5.41) is 2.74. The molecule has 2 aromatic carbocycles. The van der Waals surface area contributed by atoms with Crippen LogP contribution < -0.4 is 5.32 Å². The van der Waals surface area contributed by atoms with Gasteiger partial charge in [0, 0.05) is 19.6 Å². The van der Waals surface area contributed by atoms with Crippen LogP contribution in [0, 0.1) is 17.6 Å². The van der Waals surface area contributed by atoms with Crippen molar-refractivity contribution in [1.82, 2.24) is 9.62 Å². The fraction of sp³-hybridized carbons (Fsp3) is 0.316. The average Bonchev–Trinajstić information content (AvgIpc) is 2.80. The van der Waals surface area contributed by atoms with Crippen LogP contribution in [0.25, 0.3) is 11.1 Å². The molecule has 8 heteroatoms. The van der Waals surface area contributed by atoms with Gasteiger partial charge in [-0.05, 0) is 35.2 Å². The number of hydrogen-bond acceptors (Lipinski definition) is 3. The van der Waals surface area contributed by atoms with Gasteiger partial charge in [-0.2, -0.15) is 4.31 Å². The molecule has 0 bridgehead atoms. The standard InChI is InChI=1S/C19H20F2N2O3S/c1-27(25,26)23-9-8-22-19(24)15(12-23)10-13-4-2-3-5-16(13)14-6-7-17(20)18(21)11-14/h2-7,11,15H,8-10,12H2,1H3,(H,22,24). The Labute approximate surface area is 157 Å². The summed E-state index contributed by atoms with van der Waals surface area (Å²) in [6.45, 7) is 0.565. The second kappa shape index (κ2) is 7.74. The Morgan fingerprint density at radius 3 is 2.59 bits per heavy atom. The summed E-state index contributed by atoms with van der Waals surface area (Å²) in [7, 11) is -3.42. The highest BCUT2D eigenvalue weighted by Gasteiger charge is 2.30. The fourth-order valence-electron chi connectivity index (χ4n) is 3.24. The molecule has 0 radical (unpaired) electrons. The second-order valence-electron chi connectivity index (χ2n) is 6.60. The molecule has 1 atom stereocenters. The number of nitrogens with zero attached hydrogens (tertiary/aromatic N) is 1. The van der Waals surface area contributed by atoms with Crippen molar-refractivity contribution in [2.24, 2.45) is 5.92 Å². The van der Waals surface area contributed by atoms with Crippen LogP contribution in [0.15, 0.2) is 42.5 Å². The van der Waals surface area contributed by atoms with Crippen molar-refractivity contribution < 1.29 is 22.0 Å². The molecule has 1 aliphatic rings. The largest absolute Gasteiger partial charge is 0.354 e. The minimum absolute atomic E-state index is 0.0801. The van der Waals surface area contributed by atoms with Crippen LogP contribution >= 0.6 is 0 Å². The maximum Gasteiger partial charge on any atom is 0.224 e. The van der Waals surface area contributed by atoms with Crippen molar-refractivity contribution in [3.63, 3.8) is 0 Å². The Kier molecular flexibility index (Phi) is 5.57. The molecule has 2 aromatic rings. The SMILES string of the molecule is CS(=O)(=O)N1CCNC(=O)C(Cc2ccccc2-c2ccc(F)c(F)c2)C1. The first-order valence-corrected chi connectivity index (χ1v) is 10.4. The highest BCUT2D eigenvalue weighted by atomic mass is 32.2. The minimum Gasteiger partial charge on any atom is -0.354 e. The first-order chi connectivity index (χ1) is 12.8. The average molecular weight is 394 g/mol. The minimum atomic E-state index is -3.42. The summed E-state index contributed by atoms with van der Waals surface area (Å²) in [5.74, 6) is -2.67. The summed E-state index contributed by atoms with van der Waals surface area (Å²) in [5.41, 5.74) is 1.94. The molecule has 1 unspecified atom stereocenters. The van der Waals surface area contributed by atoms with E-state index in [0.29, 0.717) is 11.1 Å². The van der Waals surface area contributed by atoms with E-state index >= 15 is 0 Å². The number of nitrogens with one attached hydrogen (secondary N) is 1. The Morgan fingerprint density at radius 1 is 1.15 bits per heavy atom. The van der Waals surface area contributed by atoms with E-state index in [1.165, 1.54) is 10.4 Å². The fourth-order valence-corrected chi connectivity index (χ4v) is 4.11. The molecule has 1 fully saturated rings. The predicted octanol–water partition coefficient (Wildman–Crippen LogP) is 2.18. The Bertz CT molecular complexity index is 963. The van der Waals surface area contributed by atoms with Crippen LogP contribution in [-0.4, -0.2) is 44.5 Å². The third kappa shape index (κ3) is 4.51. The van der Waals surface area contributed by atoms with Gasteiger partial charge < -0.3 is 5.32 Å². The third-order valence-electron chi connectivity index (χ3n) is 4.64. The molecule has 1 N–H and O–H groups in total. The number of halogens is 2. The lowest BCUT2D eigenvalue weighted by atomic mass is 9.91. The molecular weight excluding hydrogens is 374 g/mol. The van der Waals surface area contributed by atoms with E-state index in [2.05, 4.69) is 5.32 Å². The molecule has 1 saturated heterocycles. The van der Waals surface area contributed by atoms with Gasteiger partial charge in [-0.3, -0.25) is 4.79 Å². The topological polar surface area (TPSA) is 66.5 Å². The lowest BCUT2D eigenvalue weighted by Crippen LogP contribution is -2.36. The lowest BCUT2D eigenvalue weighted by molar-refractivity contribution is -0.124. The van der Waals surface area contributed by atoms with E-state index in [0.717, 1.165) is 24.0 Å². The highest BCUT2D eigenvalue weighted by molar-refractivity contribution is 7.88. The lowest BCUT2D eigenvalue weighted by Gasteiger charge is -2.21. The molecule has 5 nitrogen and oxygen atoms in total. The van der Waals surface area contributed by atoms with Crippen molar-refractivity contribution in [3.8, 4) is 11.1 Å². The van der Waals surface area contributed by atoms with E-state index < -0.39 is 27.6 Å². The van der Waals surface area contributed by atoms with Crippen molar-refractivity contribution in [3.05, 3.63) is 59.7 Å². The number of carbonyl (C=O) groups is 1. The van der Waals surface area contributed by atoms with Crippen molar-refractivity contribution >= 4 is 15.9 Å². The van der Waals surface area contributed by atoms with E-state index in [1.807, 2.05) is 0 Å². The monoisotopic (exact) mass is 394 g/mol. The summed E-state index contributed by atoms with van der Waals surface area (Å²) in [6.07, 6.45) is 1.40. The smallest absolute Gasteiger partial charge is 0.224 e.